The number of benzene rings is 1. The zero-order valence-electron chi connectivity index (χ0n) is 11.2. The Morgan fingerprint density at radius 3 is 2.52 bits per heavy atom. The Morgan fingerprint density at radius 2 is 1.95 bits per heavy atom. The maximum absolute atomic E-state index is 12.0. The SMILES string of the molecule is COc1ccsc1C(=O)NCc1ccc(S(N)(=O)=O)cc1. The van der Waals surface area contributed by atoms with Crippen LogP contribution in [0, 0.1) is 0 Å². The Morgan fingerprint density at radius 1 is 1.29 bits per heavy atom. The normalized spacial score (nSPS) is 11.1. The average Bonchev–Trinajstić information content (AvgIpc) is 2.92. The molecule has 112 valence electrons. The third-order valence-electron chi connectivity index (χ3n) is 2.76. The van der Waals surface area contributed by atoms with Crippen LogP contribution in [-0.2, 0) is 16.6 Å². The number of thiophene rings is 1. The summed E-state index contributed by atoms with van der Waals surface area (Å²) in [5.41, 5.74) is 0.770. The fourth-order valence-corrected chi connectivity index (χ4v) is 2.97. The highest BCUT2D eigenvalue weighted by atomic mass is 32.2. The standard InChI is InChI=1S/C13H14N2O4S2/c1-19-11-6-7-20-12(11)13(16)15-8-9-2-4-10(5-3-9)21(14,17)18/h2-7H,8H2,1H3,(H,15,16)(H2,14,17,18). The van der Waals surface area contributed by atoms with E-state index in [4.69, 9.17) is 9.88 Å². The number of hydrogen-bond acceptors (Lipinski definition) is 5. The van der Waals surface area contributed by atoms with Gasteiger partial charge in [0.25, 0.3) is 5.91 Å². The van der Waals surface area contributed by atoms with E-state index in [0.717, 1.165) is 5.56 Å². The van der Waals surface area contributed by atoms with Crippen LogP contribution in [0.5, 0.6) is 5.75 Å². The lowest BCUT2D eigenvalue weighted by atomic mass is 10.2. The van der Waals surface area contributed by atoms with Crippen LogP contribution < -0.4 is 15.2 Å². The summed E-state index contributed by atoms with van der Waals surface area (Å²) in [5.74, 6) is 0.291. The molecule has 8 heteroatoms. The van der Waals surface area contributed by atoms with E-state index in [9.17, 15) is 13.2 Å². The van der Waals surface area contributed by atoms with E-state index in [2.05, 4.69) is 5.32 Å². The summed E-state index contributed by atoms with van der Waals surface area (Å²) >= 11 is 1.29. The Hall–Kier alpha value is -1.90. The van der Waals surface area contributed by atoms with E-state index in [1.807, 2.05) is 0 Å². The number of nitrogens with one attached hydrogen (secondary N) is 1. The van der Waals surface area contributed by atoms with Crippen molar-refractivity contribution in [3.05, 3.63) is 46.2 Å². The molecule has 0 saturated carbocycles. The molecule has 6 nitrogen and oxygen atoms in total. The van der Waals surface area contributed by atoms with E-state index in [1.165, 1.54) is 30.6 Å². The zero-order valence-corrected chi connectivity index (χ0v) is 12.8. The summed E-state index contributed by atoms with van der Waals surface area (Å²) in [7, 11) is -2.19. The number of carbonyl (C=O) groups is 1. The molecule has 3 N–H and O–H groups in total. The van der Waals surface area contributed by atoms with Gasteiger partial charge in [-0.25, -0.2) is 13.6 Å². The van der Waals surface area contributed by atoms with E-state index in [1.54, 1.807) is 23.6 Å². The summed E-state index contributed by atoms with van der Waals surface area (Å²) in [6.45, 7) is 0.283. The number of primary sulfonamides is 1. The number of amides is 1. The maximum atomic E-state index is 12.0. The van der Waals surface area contributed by atoms with Gasteiger partial charge in [-0.05, 0) is 29.1 Å². The van der Waals surface area contributed by atoms with Crippen LogP contribution >= 0.6 is 11.3 Å². The molecule has 0 unspecified atom stereocenters. The van der Waals surface area contributed by atoms with Crippen LogP contribution in [0.1, 0.15) is 15.2 Å². The van der Waals surface area contributed by atoms with Gasteiger partial charge in [-0.1, -0.05) is 12.1 Å². The van der Waals surface area contributed by atoms with Crippen molar-refractivity contribution in [2.24, 2.45) is 5.14 Å². The van der Waals surface area contributed by atoms with Gasteiger partial charge in [0.15, 0.2) is 0 Å². The molecule has 2 rings (SSSR count). The molecule has 0 aliphatic carbocycles. The molecule has 0 atom stereocenters. The number of methoxy groups -OCH3 is 1. The van der Waals surface area contributed by atoms with Crippen LogP contribution in [0.15, 0.2) is 40.6 Å². The summed E-state index contributed by atoms with van der Waals surface area (Å²) in [5, 5.41) is 9.53. The monoisotopic (exact) mass is 326 g/mol. The number of nitrogens with two attached hydrogens (primary N) is 1. The van der Waals surface area contributed by atoms with Gasteiger partial charge < -0.3 is 10.1 Å². The molecule has 0 aliphatic heterocycles. The Kier molecular flexibility index (Phi) is 4.61. The number of hydrogen-bond donors (Lipinski definition) is 2. The van der Waals surface area contributed by atoms with Crippen molar-refractivity contribution in [1.29, 1.82) is 0 Å². The third-order valence-corrected chi connectivity index (χ3v) is 4.58. The van der Waals surface area contributed by atoms with Crippen molar-refractivity contribution >= 4 is 27.3 Å². The topological polar surface area (TPSA) is 98.5 Å². The molecule has 1 aromatic heterocycles. The summed E-state index contributed by atoms with van der Waals surface area (Å²) in [4.78, 5) is 12.5. The molecular formula is C13H14N2O4S2. The molecule has 0 bridgehead atoms. The second-order valence-corrected chi connectivity index (χ2v) is 6.67. The molecule has 0 saturated heterocycles. The van der Waals surface area contributed by atoms with Crippen molar-refractivity contribution < 1.29 is 17.9 Å². The first-order valence-corrected chi connectivity index (χ1v) is 8.36. The minimum atomic E-state index is -3.70. The highest BCUT2D eigenvalue weighted by molar-refractivity contribution is 7.89. The van der Waals surface area contributed by atoms with Crippen molar-refractivity contribution in [2.75, 3.05) is 7.11 Å². The molecule has 21 heavy (non-hydrogen) atoms. The van der Waals surface area contributed by atoms with E-state index >= 15 is 0 Å². The van der Waals surface area contributed by atoms with Gasteiger partial charge in [-0.3, -0.25) is 4.79 Å². The van der Waals surface area contributed by atoms with E-state index in [0.29, 0.717) is 10.6 Å². The number of rotatable bonds is 5. The maximum Gasteiger partial charge on any atom is 0.265 e. The van der Waals surface area contributed by atoms with Gasteiger partial charge in [0.05, 0.1) is 12.0 Å². The van der Waals surface area contributed by atoms with Crippen molar-refractivity contribution in [3.63, 3.8) is 0 Å². The first-order valence-electron chi connectivity index (χ1n) is 5.93. The van der Waals surface area contributed by atoms with E-state index in [-0.39, 0.29) is 17.3 Å². The van der Waals surface area contributed by atoms with Gasteiger partial charge in [0.1, 0.15) is 10.6 Å². The molecule has 2 aromatic rings. The van der Waals surface area contributed by atoms with E-state index < -0.39 is 10.0 Å². The van der Waals surface area contributed by atoms with Crippen molar-refractivity contribution in [3.8, 4) is 5.75 Å². The van der Waals surface area contributed by atoms with Crippen LogP contribution in [0.25, 0.3) is 0 Å². The average molecular weight is 326 g/mol. The summed E-state index contributed by atoms with van der Waals surface area (Å²) in [6, 6.07) is 7.74. The molecule has 1 heterocycles. The van der Waals surface area contributed by atoms with Crippen LogP contribution in [-0.4, -0.2) is 21.4 Å². The third kappa shape index (κ3) is 3.81. The Labute approximate surface area is 126 Å². The van der Waals surface area contributed by atoms with Gasteiger partial charge in [0, 0.05) is 6.54 Å². The lowest BCUT2D eigenvalue weighted by molar-refractivity contribution is 0.0952. The van der Waals surface area contributed by atoms with Crippen LogP contribution in [0.4, 0.5) is 0 Å². The molecule has 0 radical (unpaired) electrons. The molecule has 0 aliphatic rings. The Bertz CT molecular complexity index is 736. The molecule has 1 amide bonds. The smallest absolute Gasteiger partial charge is 0.265 e. The lowest BCUT2D eigenvalue weighted by Gasteiger charge is -2.06. The fourth-order valence-electron chi connectivity index (χ4n) is 1.68. The van der Waals surface area contributed by atoms with Gasteiger partial charge >= 0.3 is 0 Å². The molecular weight excluding hydrogens is 312 g/mol. The quantitative estimate of drug-likeness (QED) is 0.866. The number of ether oxygens (including phenoxy) is 1. The zero-order chi connectivity index (χ0) is 15.5. The molecule has 0 fully saturated rings. The highest BCUT2D eigenvalue weighted by Gasteiger charge is 2.13. The number of sulfonamides is 1. The van der Waals surface area contributed by atoms with Gasteiger partial charge in [-0.2, -0.15) is 0 Å². The fraction of sp³-hybridized carbons (Fsp3) is 0.154. The van der Waals surface area contributed by atoms with Crippen molar-refractivity contribution in [2.45, 2.75) is 11.4 Å². The Balaban J connectivity index is 2.02. The first-order chi connectivity index (χ1) is 9.91. The second-order valence-electron chi connectivity index (χ2n) is 4.19. The van der Waals surface area contributed by atoms with Crippen LogP contribution in [0.2, 0.25) is 0 Å². The van der Waals surface area contributed by atoms with Gasteiger partial charge in [0.2, 0.25) is 10.0 Å². The predicted molar refractivity (Wildman–Crippen MR) is 79.9 cm³/mol. The van der Waals surface area contributed by atoms with Gasteiger partial charge in [-0.15, -0.1) is 11.3 Å². The molecule has 1 aromatic carbocycles. The largest absolute Gasteiger partial charge is 0.495 e. The summed E-state index contributed by atoms with van der Waals surface area (Å²) in [6.07, 6.45) is 0. The predicted octanol–water partition coefficient (Wildman–Crippen LogP) is 1.33. The lowest BCUT2D eigenvalue weighted by Crippen LogP contribution is -2.22. The minimum Gasteiger partial charge on any atom is -0.495 e. The van der Waals surface area contributed by atoms with Crippen LogP contribution in [0.3, 0.4) is 0 Å². The summed E-state index contributed by atoms with van der Waals surface area (Å²) < 4.78 is 27.3. The second kappa shape index (κ2) is 6.25. The van der Waals surface area contributed by atoms with Crippen molar-refractivity contribution in [1.82, 2.24) is 5.32 Å². The first kappa shape index (κ1) is 15.5. The molecule has 0 spiro atoms. The number of carbonyl (C=O) groups excluding carboxylic acids is 1. The highest BCUT2D eigenvalue weighted by Crippen LogP contribution is 2.24. The minimum absolute atomic E-state index is 0.0394.